The van der Waals surface area contributed by atoms with E-state index in [1.807, 2.05) is 30.9 Å². The van der Waals surface area contributed by atoms with Crippen molar-refractivity contribution in [3.8, 4) is 11.8 Å². The predicted octanol–water partition coefficient (Wildman–Crippen LogP) is 2.55. The second-order valence-electron chi connectivity index (χ2n) is 4.47. The van der Waals surface area contributed by atoms with E-state index >= 15 is 0 Å². The summed E-state index contributed by atoms with van der Waals surface area (Å²) in [4.78, 5) is 3.56. The van der Waals surface area contributed by atoms with Crippen molar-refractivity contribution in [1.82, 2.24) is 15.0 Å². The smallest absolute Gasteiger partial charge is 0.207 e. The van der Waals surface area contributed by atoms with Crippen LogP contribution in [0.5, 0.6) is 0 Å². The van der Waals surface area contributed by atoms with Gasteiger partial charge in [-0.15, -0.1) is 15.0 Å². The predicted molar refractivity (Wildman–Crippen MR) is 79.0 cm³/mol. The number of aryl methyl sites for hydroxylation is 1. The quantitative estimate of drug-likeness (QED) is 0.837. The molecule has 0 unspecified atom stereocenters. The third-order valence-electron chi connectivity index (χ3n) is 3.34. The molecule has 0 bridgehead atoms. The van der Waals surface area contributed by atoms with Crippen molar-refractivity contribution in [1.29, 1.82) is 5.26 Å². The number of hydrogen-bond donors (Lipinski definition) is 0. The lowest BCUT2D eigenvalue weighted by atomic mass is 10.2. The third-order valence-corrected chi connectivity index (χ3v) is 3.34. The van der Waals surface area contributed by atoms with Crippen molar-refractivity contribution in [3.05, 3.63) is 35.5 Å². The first kappa shape index (κ1) is 14.1. The standard InChI is InChI=1S/C15H19N5/c1-4-12-7-9-13(10-8-12)20-17-14(11-16)15(18-20)19(5-2)6-3/h7-10H,4-6H2,1-3H3. The van der Waals surface area contributed by atoms with Crippen LogP contribution < -0.4 is 4.90 Å². The highest BCUT2D eigenvalue weighted by molar-refractivity contribution is 5.50. The molecule has 5 nitrogen and oxygen atoms in total. The molecule has 0 aliphatic rings. The molecule has 5 heteroatoms. The van der Waals surface area contributed by atoms with E-state index in [4.69, 9.17) is 0 Å². The Morgan fingerprint density at radius 1 is 1.10 bits per heavy atom. The van der Waals surface area contributed by atoms with Crippen molar-refractivity contribution in [2.45, 2.75) is 27.2 Å². The lowest BCUT2D eigenvalue weighted by Gasteiger charge is -2.16. The fourth-order valence-corrected chi connectivity index (χ4v) is 2.09. The van der Waals surface area contributed by atoms with Crippen molar-refractivity contribution in [2.24, 2.45) is 0 Å². The molecule has 1 heterocycles. The van der Waals surface area contributed by atoms with E-state index < -0.39 is 0 Å². The number of rotatable bonds is 5. The Morgan fingerprint density at radius 2 is 1.75 bits per heavy atom. The fraction of sp³-hybridized carbons (Fsp3) is 0.400. The van der Waals surface area contributed by atoms with Crippen LogP contribution >= 0.6 is 0 Å². The number of nitriles is 1. The molecule has 0 atom stereocenters. The van der Waals surface area contributed by atoms with E-state index in [9.17, 15) is 5.26 Å². The van der Waals surface area contributed by atoms with E-state index in [0.29, 0.717) is 11.5 Å². The van der Waals surface area contributed by atoms with Gasteiger partial charge in [0.1, 0.15) is 6.07 Å². The molecule has 0 amide bonds. The number of hydrogen-bond acceptors (Lipinski definition) is 4. The molecule has 0 aliphatic heterocycles. The van der Waals surface area contributed by atoms with Gasteiger partial charge in [0.2, 0.25) is 5.69 Å². The lowest BCUT2D eigenvalue weighted by molar-refractivity contribution is 0.737. The first-order chi connectivity index (χ1) is 9.73. The Labute approximate surface area is 119 Å². The van der Waals surface area contributed by atoms with Crippen LogP contribution in [-0.2, 0) is 6.42 Å². The zero-order valence-corrected chi connectivity index (χ0v) is 12.2. The number of nitrogens with zero attached hydrogens (tertiary/aromatic N) is 5. The molecule has 0 fully saturated rings. The van der Waals surface area contributed by atoms with E-state index in [0.717, 1.165) is 25.2 Å². The van der Waals surface area contributed by atoms with Crippen molar-refractivity contribution >= 4 is 5.82 Å². The first-order valence-electron chi connectivity index (χ1n) is 6.95. The van der Waals surface area contributed by atoms with Crippen LogP contribution in [0.15, 0.2) is 24.3 Å². The topological polar surface area (TPSA) is 57.7 Å². The van der Waals surface area contributed by atoms with Crippen LogP contribution in [0, 0.1) is 11.3 Å². The van der Waals surface area contributed by atoms with Crippen LogP contribution in [0.4, 0.5) is 5.82 Å². The highest BCUT2D eigenvalue weighted by Crippen LogP contribution is 2.17. The zero-order chi connectivity index (χ0) is 14.5. The van der Waals surface area contributed by atoms with Gasteiger partial charge in [-0.1, -0.05) is 19.1 Å². The summed E-state index contributed by atoms with van der Waals surface area (Å²) < 4.78 is 0. The largest absolute Gasteiger partial charge is 0.353 e. The van der Waals surface area contributed by atoms with Crippen LogP contribution in [-0.4, -0.2) is 28.1 Å². The Kier molecular flexibility index (Phi) is 4.36. The summed E-state index contributed by atoms with van der Waals surface area (Å²) in [6.07, 6.45) is 1.00. The average Bonchev–Trinajstić information content (AvgIpc) is 2.93. The monoisotopic (exact) mass is 269 g/mol. The molecule has 0 aliphatic carbocycles. The van der Waals surface area contributed by atoms with Crippen molar-refractivity contribution in [3.63, 3.8) is 0 Å². The summed E-state index contributed by atoms with van der Waals surface area (Å²) in [5.74, 6) is 0.650. The Morgan fingerprint density at radius 3 is 2.25 bits per heavy atom. The lowest BCUT2D eigenvalue weighted by Crippen LogP contribution is -2.23. The molecular formula is C15H19N5. The highest BCUT2D eigenvalue weighted by Gasteiger charge is 2.16. The molecular weight excluding hydrogens is 250 g/mol. The first-order valence-corrected chi connectivity index (χ1v) is 6.95. The average molecular weight is 269 g/mol. The zero-order valence-electron chi connectivity index (χ0n) is 12.2. The third kappa shape index (κ3) is 2.64. The molecule has 20 heavy (non-hydrogen) atoms. The molecule has 1 aromatic carbocycles. The molecule has 0 saturated carbocycles. The number of aromatic nitrogens is 3. The van der Waals surface area contributed by atoms with E-state index in [1.165, 1.54) is 10.4 Å². The SMILES string of the molecule is CCc1ccc(-n2nc(C#N)c(N(CC)CC)n2)cc1. The summed E-state index contributed by atoms with van der Waals surface area (Å²) in [5.41, 5.74) is 2.51. The molecule has 104 valence electrons. The second kappa shape index (κ2) is 6.20. The Hall–Kier alpha value is -2.35. The van der Waals surface area contributed by atoms with E-state index in [1.54, 1.807) is 0 Å². The Balaban J connectivity index is 2.40. The normalized spacial score (nSPS) is 10.3. The van der Waals surface area contributed by atoms with Gasteiger partial charge >= 0.3 is 0 Å². The highest BCUT2D eigenvalue weighted by atomic mass is 15.5. The number of benzene rings is 1. The minimum absolute atomic E-state index is 0.369. The van der Waals surface area contributed by atoms with Gasteiger partial charge in [-0.05, 0) is 38.0 Å². The van der Waals surface area contributed by atoms with Gasteiger partial charge in [-0.2, -0.15) is 5.26 Å². The van der Waals surface area contributed by atoms with E-state index in [2.05, 4.69) is 35.3 Å². The van der Waals surface area contributed by atoms with Gasteiger partial charge in [0, 0.05) is 13.1 Å². The number of anilines is 1. The van der Waals surface area contributed by atoms with Gasteiger partial charge in [-0.25, -0.2) is 0 Å². The van der Waals surface area contributed by atoms with Crippen molar-refractivity contribution in [2.75, 3.05) is 18.0 Å². The van der Waals surface area contributed by atoms with Gasteiger partial charge in [0.25, 0.3) is 0 Å². The molecule has 0 saturated heterocycles. The molecule has 2 aromatic rings. The molecule has 0 radical (unpaired) electrons. The molecule has 2 rings (SSSR count). The van der Waals surface area contributed by atoms with Gasteiger partial charge in [0.05, 0.1) is 5.69 Å². The maximum Gasteiger partial charge on any atom is 0.207 e. The second-order valence-corrected chi connectivity index (χ2v) is 4.47. The summed E-state index contributed by atoms with van der Waals surface area (Å²) in [5, 5.41) is 17.9. The van der Waals surface area contributed by atoms with E-state index in [-0.39, 0.29) is 0 Å². The fourth-order valence-electron chi connectivity index (χ4n) is 2.09. The van der Waals surface area contributed by atoms with Gasteiger partial charge in [0.15, 0.2) is 5.82 Å². The maximum absolute atomic E-state index is 9.21. The van der Waals surface area contributed by atoms with Crippen LogP contribution in [0.2, 0.25) is 0 Å². The van der Waals surface area contributed by atoms with Crippen LogP contribution in [0.3, 0.4) is 0 Å². The minimum Gasteiger partial charge on any atom is -0.353 e. The van der Waals surface area contributed by atoms with Crippen molar-refractivity contribution < 1.29 is 0 Å². The minimum atomic E-state index is 0.369. The van der Waals surface area contributed by atoms with Gasteiger partial charge in [-0.3, -0.25) is 0 Å². The molecule has 1 aromatic heterocycles. The summed E-state index contributed by atoms with van der Waals surface area (Å²) in [7, 11) is 0. The molecule has 0 spiro atoms. The summed E-state index contributed by atoms with van der Waals surface area (Å²) in [6.45, 7) is 7.81. The van der Waals surface area contributed by atoms with Gasteiger partial charge < -0.3 is 4.90 Å². The summed E-state index contributed by atoms with van der Waals surface area (Å²) in [6, 6.07) is 10.2. The van der Waals surface area contributed by atoms with Crippen LogP contribution in [0.25, 0.3) is 5.69 Å². The maximum atomic E-state index is 9.21. The summed E-state index contributed by atoms with van der Waals surface area (Å²) >= 11 is 0. The Bertz CT molecular complexity index is 602. The molecule has 0 N–H and O–H groups in total. The van der Waals surface area contributed by atoms with Crippen LogP contribution in [0.1, 0.15) is 32.0 Å².